The van der Waals surface area contributed by atoms with Gasteiger partial charge in [-0.2, -0.15) is 0 Å². The van der Waals surface area contributed by atoms with Crippen molar-refractivity contribution in [2.24, 2.45) is 5.41 Å². The standard InChI is InChI=1S/C16H23NO/c1-14-6-5-7-15(10-14)11-17(2)12-16(13-18)8-3-4-9-16/h5-7,10,13H,3-4,8-9,11-12H2,1-2H3. The molecule has 0 atom stereocenters. The molecule has 0 amide bonds. The number of aldehydes is 1. The van der Waals surface area contributed by atoms with Gasteiger partial charge in [0, 0.05) is 18.5 Å². The predicted molar refractivity (Wildman–Crippen MR) is 74.5 cm³/mol. The first-order valence-corrected chi connectivity index (χ1v) is 6.84. The van der Waals surface area contributed by atoms with Crippen molar-refractivity contribution in [1.29, 1.82) is 0 Å². The van der Waals surface area contributed by atoms with Crippen molar-refractivity contribution in [3.05, 3.63) is 35.4 Å². The molecule has 1 fully saturated rings. The first kappa shape index (κ1) is 13.3. The Balaban J connectivity index is 1.96. The van der Waals surface area contributed by atoms with E-state index in [2.05, 4.69) is 43.1 Å². The van der Waals surface area contributed by atoms with Gasteiger partial charge in [0.05, 0.1) is 0 Å². The molecule has 18 heavy (non-hydrogen) atoms. The summed E-state index contributed by atoms with van der Waals surface area (Å²) >= 11 is 0. The number of aryl methyl sites for hydroxylation is 1. The fourth-order valence-corrected chi connectivity index (χ4v) is 3.11. The molecular formula is C16H23NO. The number of hydrogen-bond acceptors (Lipinski definition) is 2. The van der Waals surface area contributed by atoms with E-state index >= 15 is 0 Å². The Labute approximate surface area is 110 Å². The summed E-state index contributed by atoms with van der Waals surface area (Å²) in [6.07, 6.45) is 5.74. The fraction of sp³-hybridized carbons (Fsp3) is 0.562. The Kier molecular flexibility index (Phi) is 4.18. The van der Waals surface area contributed by atoms with Crippen LogP contribution >= 0.6 is 0 Å². The van der Waals surface area contributed by atoms with Crippen molar-refractivity contribution in [3.63, 3.8) is 0 Å². The molecule has 1 aromatic carbocycles. The van der Waals surface area contributed by atoms with E-state index in [4.69, 9.17) is 0 Å². The van der Waals surface area contributed by atoms with Crippen LogP contribution in [-0.2, 0) is 11.3 Å². The summed E-state index contributed by atoms with van der Waals surface area (Å²) in [6.45, 7) is 3.94. The van der Waals surface area contributed by atoms with Crippen molar-refractivity contribution in [2.45, 2.75) is 39.2 Å². The molecule has 0 aliphatic heterocycles. The molecule has 98 valence electrons. The molecule has 2 heteroatoms. The molecule has 0 saturated heterocycles. The van der Waals surface area contributed by atoms with E-state index in [-0.39, 0.29) is 5.41 Å². The molecule has 1 aliphatic carbocycles. The maximum Gasteiger partial charge on any atom is 0.127 e. The highest BCUT2D eigenvalue weighted by Crippen LogP contribution is 2.36. The van der Waals surface area contributed by atoms with Crippen molar-refractivity contribution >= 4 is 6.29 Å². The number of nitrogens with zero attached hydrogens (tertiary/aromatic N) is 1. The highest BCUT2D eigenvalue weighted by Gasteiger charge is 2.34. The van der Waals surface area contributed by atoms with Gasteiger partial charge in [-0.25, -0.2) is 0 Å². The van der Waals surface area contributed by atoms with Crippen LogP contribution in [0.25, 0.3) is 0 Å². The molecule has 1 aromatic rings. The van der Waals surface area contributed by atoms with Gasteiger partial charge in [0.15, 0.2) is 0 Å². The van der Waals surface area contributed by atoms with Gasteiger partial charge in [-0.15, -0.1) is 0 Å². The predicted octanol–water partition coefficient (Wildman–Crippen LogP) is 3.19. The largest absolute Gasteiger partial charge is 0.303 e. The molecule has 0 bridgehead atoms. The van der Waals surface area contributed by atoms with Crippen molar-refractivity contribution in [2.75, 3.05) is 13.6 Å². The highest BCUT2D eigenvalue weighted by atomic mass is 16.1. The summed E-state index contributed by atoms with van der Waals surface area (Å²) in [5.74, 6) is 0. The number of rotatable bonds is 5. The van der Waals surface area contributed by atoms with E-state index in [0.717, 1.165) is 25.9 Å². The molecule has 2 nitrogen and oxygen atoms in total. The van der Waals surface area contributed by atoms with Gasteiger partial charge in [-0.1, -0.05) is 42.7 Å². The smallest absolute Gasteiger partial charge is 0.127 e. The Morgan fingerprint density at radius 2 is 2.06 bits per heavy atom. The van der Waals surface area contributed by atoms with Gasteiger partial charge >= 0.3 is 0 Å². The quantitative estimate of drug-likeness (QED) is 0.743. The zero-order valence-corrected chi connectivity index (χ0v) is 11.5. The maximum absolute atomic E-state index is 11.3. The van der Waals surface area contributed by atoms with Crippen LogP contribution in [0.3, 0.4) is 0 Å². The first-order valence-electron chi connectivity index (χ1n) is 6.84. The van der Waals surface area contributed by atoms with Gasteiger partial charge in [0.2, 0.25) is 0 Å². The van der Waals surface area contributed by atoms with Gasteiger partial charge < -0.3 is 9.69 Å². The van der Waals surface area contributed by atoms with Gasteiger partial charge in [0.25, 0.3) is 0 Å². The average Bonchev–Trinajstić information content (AvgIpc) is 2.78. The molecule has 0 radical (unpaired) electrons. The first-order chi connectivity index (χ1) is 8.63. The van der Waals surface area contributed by atoms with Crippen LogP contribution in [0.5, 0.6) is 0 Å². The lowest BCUT2D eigenvalue weighted by molar-refractivity contribution is -0.116. The molecule has 0 heterocycles. The molecule has 0 spiro atoms. The second-order valence-corrected chi connectivity index (χ2v) is 5.85. The van der Waals surface area contributed by atoms with Gasteiger partial charge in [-0.3, -0.25) is 0 Å². The van der Waals surface area contributed by atoms with E-state index < -0.39 is 0 Å². The van der Waals surface area contributed by atoms with Crippen LogP contribution < -0.4 is 0 Å². The monoisotopic (exact) mass is 245 g/mol. The molecule has 2 rings (SSSR count). The Morgan fingerprint density at radius 1 is 1.33 bits per heavy atom. The minimum atomic E-state index is -0.0709. The third-order valence-electron chi connectivity index (χ3n) is 3.97. The van der Waals surface area contributed by atoms with E-state index in [1.165, 1.54) is 30.3 Å². The number of carbonyl (C=O) groups excluding carboxylic acids is 1. The maximum atomic E-state index is 11.3. The fourth-order valence-electron chi connectivity index (χ4n) is 3.11. The average molecular weight is 245 g/mol. The summed E-state index contributed by atoms with van der Waals surface area (Å²) in [5.41, 5.74) is 2.56. The second kappa shape index (κ2) is 5.66. The normalized spacial score (nSPS) is 18.2. The minimum absolute atomic E-state index is 0.0709. The third kappa shape index (κ3) is 3.20. The summed E-state index contributed by atoms with van der Waals surface area (Å²) < 4.78 is 0. The molecular weight excluding hydrogens is 222 g/mol. The summed E-state index contributed by atoms with van der Waals surface area (Å²) in [6, 6.07) is 8.60. The lowest BCUT2D eigenvalue weighted by atomic mass is 9.87. The molecule has 0 unspecified atom stereocenters. The number of hydrogen-bond donors (Lipinski definition) is 0. The highest BCUT2D eigenvalue weighted by molar-refractivity contribution is 5.60. The SMILES string of the molecule is Cc1cccc(CN(C)CC2(C=O)CCCC2)c1. The molecule has 1 saturated carbocycles. The molecule has 1 aliphatic rings. The Hall–Kier alpha value is -1.15. The van der Waals surface area contributed by atoms with E-state index in [9.17, 15) is 4.79 Å². The number of benzene rings is 1. The summed E-state index contributed by atoms with van der Waals surface area (Å²) in [4.78, 5) is 13.6. The van der Waals surface area contributed by atoms with E-state index in [0.29, 0.717) is 0 Å². The van der Waals surface area contributed by atoms with Crippen LogP contribution in [0.2, 0.25) is 0 Å². The summed E-state index contributed by atoms with van der Waals surface area (Å²) in [5, 5.41) is 0. The summed E-state index contributed by atoms with van der Waals surface area (Å²) in [7, 11) is 2.12. The topological polar surface area (TPSA) is 20.3 Å². The van der Waals surface area contributed by atoms with Crippen LogP contribution in [0.15, 0.2) is 24.3 Å². The van der Waals surface area contributed by atoms with E-state index in [1.807, 2.05) is 0 Å². The lowest BCUT2D eigenvalue weighted by Crippen LogP contribution is -2.34. The zero-order valence-electron chi connectivity index (χ0n) is 11.5. The van der Waals surface area contributed by atoms with Gasteiger partial charge in [-0.05, 0) is 32.4 Å². The lowest BCUT2D eigenvalue weighted by Gasteiger charge is -2.28. The Bertz CT molecular complexity index is 407. The van der Waals surface area contributed by atoms with Crippen molar-refractivity contribution in [3.8, 4) is 0 Å². The molecule has 0 N–H and O–H groups in total. The van der Waals surface area contributed by atoms with Crippen molar-refractivity contribution in [1.82, 2.24) is 4.90 Å². The van der Waals surface area contributed by atoms with Crippen molar-refractivity contribution < 1.29 is 4.79 Å². The zero-order chi connectivity index (χ0) is 13.0. The second-order valence-electron chi connectivity index (χ2n) is 5.85. The Morgan fingerprint density at radius 3 is 2.67 bits per heavy atom. The van der Waals surface area contributed by atoms with E-state index in [1.54, 1.807) is 0 Å². The van der Waals surface area contributed by atoms with Crippen LogP contribution in [-0.4, -0.2) is 24.8 Å². The van der Waals surface area contributed by atoms with Crippen LogP contribution in [0.4, 0.5) is 0 Å². The van der Waals surface area contributed by atoms with Crippen LogP contribution in [0, 0.1) is 12.3 Å². The molecule has 0 aromatic heterocycles. The third-order valence-corrected chi connectivity index (χ3v) is 3.97. The van der Waals surface area contributed by atoms with Crippen LogP contribution in [0.1, 0.15) is 36.8 Å². The number of carbonyl (C=O) groups is 1. The minimum Gasteiger partial charge on any atom is -0.303 e. The van der Waals surface area contributed by atoms with Gasteiger partial charge in [0.1, 0.15) is 6.29 Å².